The van der Waals surface area contributed by atoms with Crippen LogP contribution in [0.1, 0.15) is 5.82 Å². The molecule has 1 heterocycles. The van der Waals surface area contributed by atoms with Crippen LogP contribution in [0.5, 0.6) is 0 Å². The van der Waals surface area contributed by atoms with Gasteiger partial charge in [0.2, 0.25) is 0 Å². The molecule has 0 unspecified atom stereocenters. The Morgan fingerprint density at radius 2 is 0.891 bits per heavy atom. The van der Waals surface area contributed by atoms with Crippen LogP contribution in [0, 0.1) is 6.92 Å². The van der Waals surface area contributed by atoms with Crippen molar-refractivity contribution in [3.8, 4) is 39.1 Å². The van der Waals surface area contributed by atoms with Gasteiger partial charge >= 0.3 is 0 Å². The summed E-state index contributed by atoms with van der Waals surface area (Å²) >= 11 is 0. The van der Waals surface area contributed by atoms with Gasteiger partial charge in [0, 0.05) is 5.69 Å². The molecule has 0 aliphatic heterocycles. The van der Waals surface area contributed by atoms with Crippen molar-refractivity contribution in [3.63, 3.8) is 0 Å². The molecule has 0 aliphatic carbocycles. The fourth-order valence-corrected chi connectivity index (χ4v) is 7.20. The molecular weight excluding hydrogens is 556 g/mol. The summed E-state index contributed by atoms with van der Waals surface area (Å²) in [7, 11) is 0. The van der Waals surface area contributed by atoms with Gasteiger partial charge in [-0.15, -0.1) is 0 Å². The summed E-state index contributed by atoms with van der Waals surface area (Å²) in [6.07, 6.45) is 0. The monoisotopic (exact) mass is 586 g/mol. The molecule has 0 N–H and O–H groups in total. The highest BCUT2D eigenvalue weighted by molar-refractivity contribution is 6.21. The van der Waals surface area contributed by atoms with E-state index in [-0.39, 0.29) is 0 Å². The Hall–Kier alpha value is -5.99. The topological polar surface area (TPSA) is 17.8 Å². The van der Waals surface area contributed by atoms with Crippen LogP contribution in [-0.2, 0) is 0 Å². The Morgan fingerprint density at radius 3 is 1.52 bits per heavy atom. The lowest BCUT2D eigenvalue weighted by molar-refractivity contribution is 1.00. The number of hydrogen-bond donors (Lipinski definition) is 0. The molecule has 0 radical (unpaired) electrons. The molecule has 0 fully saturated rings. The van der Waals surface area contributed by atoms with Gasteiger partial charge in [-0.3, -0.25) is 4.57 Å². The third kappa shape index (κ3) is 4.22. The minimum absolute atomic E-state index is 0.987. The van der Waals surface area contributed by atoms with Crippen LogP contribution in [0.25, 0.3) is 82.4 Å². The summed E-state index contributed by atoms with van der Waals surface area (Å²) in [5.74, 6) is 0.987. The molecule has 1 aromatic heterocycles. The second kappa shape index (κ2) is 10.6. The van der Waals surface area contributed by atoms with Crippen molar-refractivity contribution in [2.24, 2.45) is 0 Å². The molecule has 0 atom stereocenters. The number of hydrogen-bond acceptors (Lipinski definition) is 1. The summed E-state index contributed by atoms with van der Waals surface area (Å²) in [4.78, 5) is 4.79. The average Bonchev–Trinajstić information content (AvgIpc) is 3.46. The molecule has 216 valence electrons. The fourth-order valence-electron chi connectivity index (χ4n) is 7.20. The van der Waals surface area contributed by atoms with Crippen molar-refractivity contribution in [2.45, 2.75) is 6.92 Å². The number of benzene rings is 8. The fraction of sp³-hybridized carbons (Fsp3) is 0.0227. The first-order valence-corrected chi connectivity index (χ1v) is 15.8. The molecule has 2 nitrogen and oxygen atoms in total. The minimum atomic E-state index is 0.987. The largest absolute Gasteiger partial charge is 0.297 e. The molecule has 0 saturated carbocycles. The number of nitrogens with zero attached hydrogens (tertiary/aromatic N) is 2. The second-order valence-corrected chi connectivity index (χ2v) is 12.0. The van der Waals surface area contributed by atoms with E-state index in [4.69, 9.17) is 4.98 Å². The van der Waals surface area contributed by atoms with E-state index in [0.29, 0.717) is 0 Å². The van der Waals surface area contributed by atoms with E-state index in [1.165, 1.54) is 65.7 Å². The predicted molar refractivity (Wildman–Crippen MR) is 195 cm³/mol. The van der Waals surface area contributed by atoms with Gasteiger partial charge in [-0.25, -0.2) is 4.98 Å². The van der Waals surface area contributed by atoms with Crippen molar-refractivity contribution >= 4 is 43.4 Å². The Labute approximate surface area is 267 Å². The summed E-state index contributed by atoms with van der Waals surface area (Å²) < 4.78 is 2.24. The van der Waals surface area contributed by atoms with Crippen LogP contribution in [0.4, 0.5) is 0 Å². The number of rotatable bonds is 4. The van der Waals surface area contributed by atoms with E-state index in [9.17, 15) is 0 Å². The molecule has 46 heavy (non-hydrogen) atoms. The number of aromatic nitrogens is 2. The Morgan fingerprint density at radius 1 is 0.413 bits per heavy atom. The molecule has 9 aromatic rings. The average molecular weight is 587 g/mol. The quantitative estimate of drug-likeness (QED) is 0.188. The lowest BCUT2D eigenvalue weighted by Gasteiger charge is -2.18. The molecule has 0 bridgehead atoms. The maximum atomic E-state index is 4.79. The van der Waals surface area contributed by atoms with Crippen LogP contribution in [0.3, 0.4) is 0 Å². The standard InChI is InChI=1S/C44H30N2/c1-29-45-41-16-8-9-17-42(41)46(29)36-26-24-33(25-27-36)44-39-14-6-4-12-37(39)43(38-13-5-7-15-40(38)44)32-21-18-31(19-22-32)35-23-20-30-10-2-3-11-34(30)28-35/h2-28H,1H3. The van der Waals surface area contributed by atoms with E-state index >= 15 is 0 Å². The van der Waals surface area contributed by atoms with Gasteiger partial charge < -0.3 is 0 Å². The first kappa shape index (κ1) is 26.4. The van der Waals surface area contributed by atoms with Crippen molar-refractivity contribution < 1.29 is 0 Å². The van der Waals surface area contributed by atoms with Gasteiger partial charge in [0.05, 0.1) is 11.0 Å². The van der Waals surface area contributed by atoms with E-state index in [1.54, 1.807) is 0 Å². The lowest BCUT2D eigenvalue weighted by atomic mass is 9.85. The van der Waals surface area contributed by atoms with Gasteiger partial charge in [0.25, 0.3) is 0 Å². The van der Waals surface area contributed by atoms with Crippen LogP contribution in [0.2, 0.25) is 0 Å². The number of imidazole rings is 1. The molecular formula is C44H30N2. The zero-order valence-electron chi connectivity index (χ0n) is 25.5. The first-order valence-electron chi connectivity index (χ1n) is 15.8. The van der Waals surface area contributed by atoms with Crippen LogP contribution < -0.4 is 0 Å². The maximum absolute atomic E-state index is 4.79. The first-order chi connectivity index (χ1) is 22.7. The summed E-state index contributed by atoms with van der Waals surface area (Å²) in [6, 6.07) is 59.3. The van der Waals surface area contributed by atoms with Crippen molar-refractivity contribution in [2.75, 3.05) is 0 Å². The van der Waals surface area contributed by atoms with E-state index in [1.807, 2.05) is 6.07 Å². The van der Waals surface area contributed by atoms with Crippen LogP contribution in [-0.4, -0.2) is 9.55 Å². The highest BCUT2D eigenvalue weighted by atomic mass is 15.1. The normalized spacial score (nSPS) is 11.6. The van der Waals surface area contributed by atoms with Crippen molar-refractivity contribution in [3.05, 3.63) is 170 Å². The molecule has 0 amide bonds. The van der Waals surface area contributed by atoms with Gasteiger partial charge in [-0.2, -0.15) is 0 Å². The lowest BCUT2D eigenvalue weighted by Crippen LogP contribution is -1.97. The summed E-state index contributed by atoms with van der Waals surface area (Å²) in [6.45, 7) is 2.07. The smallest absolute Gasteiger partial charge is 0.111 e. The zero-order chi connectivity index (χ0) is 30.6. The SMILES string of the molecule is Cc1nc2ccccc2n1-c1ccc(-c2c3ccccc3c(-c3ccc(-c4ccc5ccccc5c4)cc3)c3ccccc23)cc1. The van der Waals surface area contributed by atoms with E-state index < -0.39 is 0 Å². The number of fused-ring (bicyclic) bond motifs is 4. The van der Waals surface area contributed by atoms with Crippen LogP contribution >= 0.6 is 0 Å². The Bertz CT molecular complexity index is 2510. The van der Waals surface area contributed by atoms with Gasteiger partial charge in [0.15, 0.2) is 0 Å². The Kier molecular flexibility index (Phi) is 6.07. The number of para-hydroxylation sites is 2. The highest BCUT2D eigenvalue weighted by Gasteiger charge is 2.17. The maximum Gasteiger partial charge on any atom is 0.111 e. The van der Waals surface area contributed by atoms with E-state index in [2.05, 4.69) is 169 Å². The second-order valence-electron chi connectivity index (χ2n) is 12.0. The molecule has 0 saturated heterocycles. The van der Waals surface area contributed by atoms with Gasteiger partial charge in [0.1, 0.15) is 5.82 Å². The zero-order valence-corrected chi connectivity index (χ0v) is 25.5. The summed E-state index contributed by atoms with van der Waals surface area (Å²) in [5.41, 5.74) is 10.7. The number of aryl methyl sites for hydroxylation is 1. The highest BCUT2D eigenvalue weighted by Crippen LogP contribution is 2.44. The van der Waals surface area contributed by atoms with Crippen molar-refractivity contribution in [1.29, 1.82) is 0 Å². The van der Waals surface area contributed by atoms with Gasteiger partial charge in [-0.1, -0.05) is 133 Å². The predicted octanol–water partition coefficient (Wildman–Crippen LogP) is 11.8. The molecule has 2 heteroatoms. The molecule has 0 spiro atoms. The van der Waals surface area contributed by atoms with Crippen molar-refractivity contribution in [1.82, 2.24) is 9.55 Å². The van der Waals surface area contributed by atoms with E-state index in [0.717, 1.165) is 22.5 Å². The van der Waals surface area contributed by atoms with Gasteiger partial charge in [-0.05, 0) is 103 Å². The molecule has 8 aromatic carbocycles. The third-order valence-electron chi connectivity index (χ3n) is 9.33. The third-order valence-corrected chi connectivity index (χ3v) is 9.33. The summed E-state index contributed by atoms with van der Waals surface area (Å²) in [5, 5.41) is 7.56. The molecule has 9 rings (SSSR count). The van der Waals surface area contributed by atoms with Crippen LogP contribution in [0.15, 0.2) is 164 Å². The minimum Gasteiger partial charge on any atom is -0.297 e. The molecule has 0 aliphatic rings. The Balaban J connectivity index is 1.18.